The largest absolute Gasteiger partial charge is 0.460 e. The van der Waals surface area contributed by atoms with E-state index in [2.05, 4.69) is 11.9 Å². The van der Waals surface area contributed by atoms with Gasteiger partial charge in [0, 0.05) is 18.5 Å². The molecule has 2 heterocycles. The maximum Gasteiger partial charge on any atom is 0.316 e. The lowest BCUT2D eigenvalue weighted by atomic mass is 10.00. The number of benzene rings is 1. The van der Waals surface area contributed by atoms with Crippen LogP contribution in [0.2, 0.25) is 0 Å². The van der Waals surface area contributed by atoms with Gasteiger partial charge in [0.15, 0.2) is 0 Å². The van der Waals surface area contributed by atoms with Crippen molar-refractivity contribution in [3.05, 3.63) is 35.9 Å². The lowest BCUT2D eigenvalue weighted by Gasteiger charge is -2.31. The summed E-state index contributed by atoms with van der Waals surface area (Å²) in [4.78, 5) is 14.8. The highest BCUT2D eigenvalue weighted by Gasteiger charge is 2.44. The standard InChI is InChI=1S/C17H23NO3/c1-18-13-8-5-9-15(18)16(10-13)21-17(20)14(11-19)12-6-3-2-4-7-12/h2-4,6-7,13-16,19H,5,8-11H2,1H3. The average Bonchev–Trinajstić information content (AvgIpc) is 2.67. The normalized spacial score (nSPS) is 30.1. The van der Waals surface area contributed by atoms with Gasteiger partial charge in [0.05, 0.1) is 6.61 Å². The lowest BCUT2D eigenvalue weighted by molar-refractivity contribution is -0.153. The predicted molar refractivity (Wildman–Crippen MR) is 80.0 cm³/mol. The fraction of sp³-hybridized carbons (Fsp3) is 0.588. The van der Waals surface area contributed by atoms with E-state index >= 15 is 0 Å². The molecule has 4 nitrogen and oxygen atoms in total. The number of fused-ring (bicyclic) bond motifs is 2. The Morgan fingerprint density at radius 3 is 2.81 bits per heavy atom. The van der Waals surface area contributed by atoms with E-state index in [1.165, 1.54) is 12.8 Å². The number of esters is 1. The third-order valence-corrected chi connectivity index (χ3v) is 5.01. The number of aliphatic hydroxyl groups excluding tert-OH is 1. The van der Waals surface area contributed by atoms with Crippen molar-refractivity contribution in [1.82, 2.24) is 4.90 Å². The van der Waals surface area contributed by atoms with Crippen molar-refractivity contribution < 1.29 is 14.6 Å². The number of ether oxygens (including phenoxy) is 1. The molecule has 4 atom stereocenters. The number of aliphatic hydroxyl groups is 1. The summed E-state index contributed by atoms with van der Waals surface area (Å²) in [5.41, 5.74) is 0.819. The second-order valence-electron chi connectivity index (χ2n) is 6.17. The molecule has 2 saturated heterocycles. The molecular weight excluding hydrogens is 266 g/mol. The van der Waals surface area contributed by atoms with Gasteiger partial charge in [0.1, 0.15) is 12.0 Å². The van der Waals surface area contributed by atoms with Crippen LogP contribution in [0, 0.1) is 0 Å². The Kier molecular flexibility index (Phi) is 4.27. The number of rotatable bonds is 4. The Bertz CT molecular complexity index is 490. The van der Waals surface area contributed by atoms with Crippen molar-refractivity contribution >= 4 is 5.97 Å². The van der Waals surface area contributed by atoms with Crippen molar-refractivity contribution in [2.24, 2.45) is 0 Å². The molecule has 2 aliphatic heterocycles. The van der Waals surface area contributed by atoms with Crippen LogP contribution in [0.25, 0.3) is 0 Å². The summed E-state index contributed by atoms with van der Waals surface area (Å²) >= 11 is 0. The fourth-order valence-electron chi connectivity index (χ4n) is 3.76. The van der Waals surface area contributed by atoms with E-state index in [1.807, 2.05) is 30.3 Å². The molecule has 0 spiro atoms. The molecule has 4 heteroatoms. The number of piperidine rings is 1. The SMILES string of the molecule is CN1C2CCCC1C(OC(=O)C(CO)c1ccccc1)C2. The summed E-state index contributed by atoms with van der Waals surface area (Å²) in [7, 11) is 2.13. The van der Waals surface area contributed by atoms with Gasteiger partial charge >= 0.3 is 5.97 Å². The minimum Gasteiger partial charge on any atom is -0.460 e. The molecule has 1 aromatic rings. The Hall–Kier alpha value is -1.39. The summed E-state index contributed by atoms with van der Waals surface area (Å²) in [6, 6.07) is 10.3. The Morgan fingerprint density at radius 1 is 1.38 bits per heavy atom. The lowest BCUT2D eigenvalue weighted by Crippen LogP contribution is -2.40. The Labute approximate surface area is 125 Å². The van der Waals surface area contributed by atoms with Gasteiger partial charge in [-0.05, 0) is 25.5 Å². The third-order valence-electron chi connectivity index (χ3n) is 5.01. The zero-order chi connectivity index (χ0) is 14.8. The second-order valence-corrected chi connectivity index (χ2v) is 6.17. The van der Waals surface area contributed by atoms with Crippen LogP contribution in [0.1, 0.15) is 37.2 Å². The maximum absolute atomic E-state index is 12.4. The third kappa shape index (κ3) is 2.83. The van der Waals surface area contributed by atoms with Gasteiger partial charge in [-0.15, -0.1) is 0 Å². The first kappa shape index (κ1) is 14.5. The molecular formula is C17H23NO3. The summed E-state index contributed by atoms with van der Waals surface area (Å²) < 4.78 is 5.76. The second kappa shape index (κ2) is 6.16. The molecule has 4 unspecified atom stereocenters. The first-order valence-electron chi connectivity index (χ1n) is 7.79. The van der Waals surface area contributed by atoms with E-state index in [0.717, 1.165) is 18.4 Å². The van der Waals surface area contributed by atoms with E-state index in [4.69, 9.17) is 4.74 Å². The van der Waals surface area contributed by atoms with Gasteiger partial charge in [0.2, 0.25) is 0 Å². The predicted octanol–water partition coefficient (Wildman–Crippen LogP) is 1.93. The fourth-order valence-corrected chi connectivity index (χ4v) is 3.76. The van der Waals surface area contributed by atoms with Crippen LogP contribution in [0.15, 0.2) is 30.3 Å². The highest BCUT2D eigenvalue weighted by molar-refractivity contribution is 5.78. The van der Waals surface area contributed by atoms with E-state index in [0.29, 0.717) is 12.1 Å². The first-order valence-corrected chi connectivity index (χ1v) is 7.79. The van der Waals surface area contributed by atoms with Gasteiger partial charge in [-0.3, -0.25) is 9.69 Å². The molecule has 0 saturated carbocycles. The van der Waals surface area contributed by atoms with Crippen LogP contribution >= 0.6 is 0 Å². The van der Waals surface area contributed by atoms with Crippen molar-refractivity contribution in [2.75, 3.05) is 13.7 Å². The zero-order valence-corrected chi connectivity index (χ0v) is 12.4. The van der Waals surface area contributed by atoms with E-state index in [9.17, 15) is 9.90 Å². The van der Waals surface area contributed by atoms with Crippen molar-refractivity contribution in [3.63, 3.8) is 0 Å². The van der Waals surface area contributed by atoms with Crippen molar-refractivity contribution in [2.45, 2.75) is 49.8 Å². The molecule has 0 amide bonds. The Balaban J connectivity index is 1.68. The van der Waals surface area contributed by atoms with Gasteiger partial charge in [0.25, 0.3) is 0 Å². The highest BCUT2D eigenvalue weighted by Crippen LogP contribution is 2.36. The van der Waals surface area contributed by atoms with E-state index in [1.54, 1.807) is 0 Å². The van der Waals surface area contributed by atoms with Crippen molar-refractivity contribution in [1.29, 1.82) is 0 Å². The topological polar surface area (TPSA) is 49.8 Å². The van der Waals surface area contributed by atoms with Crippen LogP contribution in [0.3, 0.4) is 0 Å². The van der Waals surface area contributed by atoms with Gasteiger partial charge in [-0.1, -0.05) is 36.8 Å². The summed E-state index contributed by atoms with van der Waals surface area (Å²) in [6.07, 6.45) is 4.42. The average molecular weight is 289 g/mol. The van der Waals surface area contributed by atoms with Gasteiger partial charge < -0.3 is 9.84 Å². The summed E-state index contributed by atoms with van der Waals surface area (Å²) in [5, 5.41) is 9.55. The first-order chi connectivity index (χ1) is 10.2. The maximum atomic E-state index is 12.4. The molecule has 0 radical (unpaired) electrons. The molecule has 114 valence electrons. The molecule has 3 rings (SSSR count). The number of carbonyl (C=O) groups excluding carboxylic acids is 1. The molecule has 0 aliphatic carbocycles. The Morgan fingerprint density at radius 2 is 2.14 bits per heavy atom. The van der Waals surface area contributed by atoms with E-state index < -0.39 is 5.92 Å². The van der Waals surface area contributed by atoms with Crippen LogP contribution in [-0.4, -0.2) is 47.8 Å². The minimum atomic E-state index is -0.572. The van der Waals surface area contributed by atoms with E-state index in [-0.39, 0.29) is 18.7 Å². The molecule has 1 aromatic carbocycles. The highest BCUT2D eigenvalue weighted by atomic mass is 16.5. The molecule has 21 heavy (non-hydrogen) atoms. The number of hydrogen-bond acceptors (Lipinski definition) is 4. The quantitative estimate of drug-likeness (QED) is 0.861. The van der Waals surface area contributed by atoms with Crippen LogP contribution in [0.4, 0.5) is 0 Å². The molecule has 2 bridgehead atoms. The zero-order valence-electron chi connectivity index (χ0n) is 12.4. The monoisotopic (exact) mass is 289 g/mol. The van der Waals surface area contributed by atoms with Gasteiger partial charge in [-0.2, -0.15) is 0 Å². The molecule has 0 aromatic heterocycles. The van der Waals surface area contributed by atoms with Crippen LogP contribution < -0.4 is 0 Å². The number of nitrogens with zero attached hydrogens (tertiary/aromatic N) is 1. The summed E-state index contributed by atoms with van der Waals surface area (Å²) in [5.74, 6) is -0.869. The summed E-state index contributed by atoms with van der Waals surface area (Å²) in [6.45, 7) is -0.209. The van der Waals surface area contributed by atoms with Crippen molar-refractivity contribution in [3.8, 4) is 0 Å². The van der Waals surface area contributed by atoms with Crippen LogP contribution in [0.5, 0.6) is 0 Å². The number of likely N-dealkylation sites (N-methyl/N-ethyl adjacent to an activating group) is 1. The smallest absolute Gasteiger partial charge is 0.316 e. The molecule has 1 N–H and O–H groups in total. The molecule has 2 fully saturated rings. The van der Waals surface area contributed by atoms with Crippen LogP contribution in [-0.2, 0) is 9.53 Å². The van der Waals surface area contributed by atoms with Gasteiger partial charge in [-0.25, -0.2) is 0 Å². The number of hydrogen-bond donors (Lipinski definition) is 1. The number of carbonyl (C=O) groups is 1. The minimum absolute atomic E-state index is 0.0206. The molecule has 2 aliphatic rings.